The monoisotopic (exact) mass is 273 g/mol. The van der Waals surface area contributed by atoms with Gasteiger partial charge in [-0.25, -0.2) is 0 Å². The molecule has 0 unspecified atom stereocenters. The summed E-state index contributed by atoms with van der Waals surface area (Å²) in [6, 6.07) is 2.78. The van der Waals surface area contributed by atoms with Crippen LogP contribution in [0.3, 0.4) is 0 Å². The molecule has 2 heterocycles. The van der Waals surface area contributed by atoms with Gasteiger partial charge in [0.1, 0.15) is 5.76 Å². The molecule has 2 aromatic heterocycles. The average molecular weight is 273 g/mol. The Bertz CT molecular complexity index is 593. The second kappa shape index (κ2) is 5.44. The molecule has 1 fully saturated rings. The fourth-order valence-corrected chi connectivity index (χ4v) is 2.81. The van der Waals surface area contributed by atoms with Crippen LogP contribution in [0.5, 0.6) is 0 Å². The van der Waals surface area contributed by atoms with Gasteiger partial charge in [-0.3, -0.25) is 4.68 Å². The molecule has 0 bridgehead atoms. The maximum absolute atomic E-state index is 5.71. The van der Waals surface area contributed by atoms with Gasteiger partial charge in [-0.2, -0.15) is 5.10 Å². The van der Waals surface area contributed by atoms with Crippen LogP contribution >= 0.6 is 0 Å². The van der Waals surface area contributed by atoms with E-state index >= 15 is 0 Å². The largest absolute Gasteiger partial charge is 0.467 e. The lowest BCUT2D eigenvalue weighted by Gasteiger charge is -2.07. The van der Waals surface area contributed by atoms with E-state index < -0.39 is 0 Å². The number of aryl methyl sites for hydroxylation is 2. The summed E-state index contributed by atoms with van der Waals surface area (Å²) in [5.74, 6) is 1.04. The number of hydrogen-bond donors (Lipinski definition) is 1. The zero-order valence-corrected chi connectivity index (χ0v) is 12.6. The second-order valence-corrected chi connectivity index (χ2v) is 5.51. The molecule has 0 radical (unpaired) electrons. The van der Waals surface area contributed by atoms with E-state index in [4.69, 9.17) is 4.42 Å². The van der Waals surface area contributed by atoms with Crippen LogP contribution in [0.15, 0.2) is 16.7 Å². The number of nitrogens with zero attached hydrogens (tertiary/aromatic N) is 2. The fourth-order valence-electron chi connectivity index (χ4n) is 2.81. The summed E-state index contributed by atoms with van der Waals surface area (Å²) >= 11 is 0. The molecule has 0 saturated heterocycles. The molecule has 0 aromatic carbocycles. The smallest absolute Gasteiger partial charge is 0.125 e. The van der Waals surface area contributed by atoms with Gasteiger partial charge >= 0.3 is 0 Å². The molecule has 0 amide bonds. The van der Waals surface area contributed by atoms with E-state index in [0.29, 0.717) is 6.04 Å². The summed E-state index contributed by atoms with van der Waals surface area (Å²) in [6.07, 6.45) is 6.32. The molecular weight excluding hydrogens is 250 g/mol. The summed E-state index contributed by atoms with van der Waals surface area (Å²) in [6.45, 7) is 5.16. The quantitative estimate of drug-likeness (QED) is 0.879. The van der Waals surface area contributed by atoms with E-state index in [2.05, 4.69) is 30.3 Å². The van der Waals surface area contributed by atoms with Crippen molar-refractivity contribution in [1.82, 2.24) is 15.1 Å². The lowest BCUT2D eigenvalue weighted by molar-refractivity contribution is 0.483. The summed E-state index contributed by atoms with van der Waals surface area (Å²) < 4.78 is 7.72. The van der Waals surface area contributed by atoms with E-state index in [1.54, 1.807) is 6.26 Å². The van der Waals surface area contributed by atoms with Crippen LogP contribution in [0, 0.1) is 0 Å². The van der Waals surface area contributed by atoms with Crippen molar-refractivity contribution < 1.29 is 4.42 Å². The van der Waals surface area contributed by atoms with Crippen LogP contribution < -0.4 is 5.32 Å². The van der Waals surface area contributed by atoms with Gasteiger partial charge in [-0.1, -0.05) is 13.8 Å². The van der Waals surface area contributed by atoms with Gasteiger partial charge in [0, 0.05) is 29.9 Å². The predicted molar refractivity (Wildman–Crippen MR) is 79.5 cm³/mol. The molecule has 20 heavy (non-hydrogen) atoms. The van der Waals surface area contributed by atoms with Gasteiger partial charge in [0.2, 0.25) is 0 Å². The summed E-state index contributed by atoms with van der Waals surface area (Å²) in [4.78, 5) is 0. The first-order valence-corrected chi connectivity index (χ1v) is 7.59. The van der Waals surface area contributed by atoms with Crippen molar-refractivity contribution in [1.29, 1.82) is 0 Å². The summed E-state index contributed by atoms with van der Waals surface area (Å²) in [5.41, 5.74) is 4.94. The number of furan rings is 1. The Morgan fingerprint density at radius 2 is 2.15 bits per heavy atom. The first-order valence-electron chi connectivity index (χ1n) is 7.59. The van der Waals surface area contributed by atoms with Gasteiger partial charge in [0.25, 0.3) is 0 Å². The lowest BCUT2D eigenvalue weighted by atomic mass is 10.0. The Balaban J connectivity index is 1.97. The molecule has 2 aromatic rings. The van der Waals surface area contributed by atoms with Crippen molar-refractivity contribution in [3.8, 4) is 11.1 Å². The Hall–Kier alpha value is -1.55. The Morgan fingerprint density at radius 1 is 1.35 bits per heavy atom. The van der Waals surface area contributed by atoms with Crippen molar-refractivity contribution >= 4 is 0 Å². The SMILES string of the molecule is CCc1nn(C)c(CC)c1-c1ccoc1CNC1CC1. The van der Waals surface area contributed by atoms with E-state index in [1.165, 1.54) is 35.4 Å². The van der Waals surface area contributed by atoms with E-state index in [-0.39, 0.29) is 0 Å². The zero-order chi connectivity index (χ0) is 14.1. The fraction of sp³-hybridized carbons (Fsp3) is 0.562. The van der Waals surface area contributed by atoms with Gasteiger partial charge in [0.05, 0.1) is 18.5 Å². The molecule has 3 rings (SSSR count). The molecule has 108 valence electrons. The highest BCUT2D eigenvalue weighted by Gasteiger charge is 2.23. The van der Waals surface area contributed by atoms with Crippen molar-refractivity contribution in [3.63, 3.8) is 0 Å². The molecular formula is C16H23N3O. The van der Waals surface area contributed by atoms with Crippen LogP contribution in [-0.4, -0.2) is 15.8 Å². The third-order valence-electron chi connectivity index (χ3n) is 4.05. The van der Waals surface area contributed by atoms with Crippen molar-refractivity contribution in [2.24, 2.45) is 7.05 Å². The lowest BCUT2D eigenvalue weighted by Crippen LogP contribution is -2.15. The van der Waals surface area contributed by atoms with E-state index in [0.717, 1.165) is 25.1 Å². The molecule has 1 N–H and O–H groups in total. The van der Waals surface area contributed by atoms with Crippen molar-refractivity contribution in [2.75, 3.05) is 0 Å². The first kappa shape index (κ1) is 13.4. The van der Waals surface area contributed by atoms with Gasteiger partial charge in [-0.05, 0) is 31.7 Å². The Morgan fingerprint density at radius 3 is 2.80 bits per heavy atom. The zero-order valence-electron chi connectivity index (χ0n) is 12.6. The van der Waals surface area contributed by atoms with Gasteiger partial charge < -0.3 is 9.73 Å². The maximum Gasteiger partial charge on any atom is 0.125 e. The topological polar surface area (TPSA) is 43.0 Å². The standard InChI is InChI=1S/C16H23N3O/c1-4-13-16(14(5-2)19(3)18-13)12-8-9-20-15(12)10-17-11-6-7-11/h8-9,11,17H,4-7,10H2,1-3H3. The third-order valence-corrected chi connectivity index (χ3v) is 4.05. The highest BCUT2D eigenvalue weighted by atomic mass is 16.3. The highest BCUT2D eigenvalue weighted by molar-refractivity contribution is 5.70. The molecule has 0 aliphatic heterocycles. The van der Waals surface area contributed by atoms with Crippen LogP contribution in [0.1, 0.15) is 43.8 Å². The Kier molecular flexibility index (Phi) is 3.66. The maximum atomic E-state index is 5.71. The summed E-state index contributed by atoms with van der Waals surface area (Å²) in [5, 5.41) is 8.19. The van der Waals surface area contributed by atoms with Crippen molar-refractivity contribution in [3.05, 3.63) is 29.5 Å². The number of nitrogens with one attached hydrogen (secondary N) is 1. The van der Waals surface area contributed by atoms with Crippen LogP contribution in [-0.2, 0) is 26.4 Å². The molecule has 1 saturated carbocycles. The number of hydrogen-bond acceptors (Lipinski definition) is 3. The molecule has 1 aliphatic carbocycles. The normalized spacial score (nSPS) is 14.9. The minimum absolute atomic E-state index is 0.693. The Labute approximate surface area is 120 Å². The predicted octanol–water partition coefficient (Wildman–Crippen LogP) is 3.06. The minimum atomic E-state index is 0.693. The molecule has 1 aliphatic rings. The van der Waals surface area contributed by atoms with Crippen LogP contribution in [0.2, 0.25) is 0 Å². The van der Waals surface area contributed by atoms with Gasteiger partial charge in [-0.15, -0.1) is 0 Å². The van der Waals surface area contributed by atoms with Crippen LogP contribution in [0.25, 0.3) is 11.1 Å². The first-order chi connectivity index (χ1) is 9.74. The summed E-state index contributed by atoms with van der Waals surface area (Å²) in [7, 11) is 2.03. The van der Waals surface area contributed by atoms with Crippen LogP contribution in [0.4, 0.5) is 0 Å². The third kappa shape index (κ3) is 2.40. The number of aromatic nitrogens is 2. The van der Waals surface area contributed by atoms with E-state index in [1.807, 2.05) is 11.7 Å². The van der Waals surface area contributed by atoms with E-state index in [9.17, 15) is 0 Å². The van der Waals surface area contributed by atoms with Gasteiger partial charge in [0.15, 0.2) is 0 Å². The highest BCUT2D eigenvalue weighted by Crippen LogP contribution is 2.32. The second-order valence-electron chi connectivity index (χ2n) is 5.51. The molecule has 0 atom stereocenters. The minimum Gasteiger partial charge on any atom is -0.467 e. The van der Waals surface area contributed by atoms with Crippen molar-refractivity contribution in [2.45, 2.75) is 52.1 Å². The number of rotatable bonds is 6. The average Bonchev–Trinajstić information content (AvgIpc) is 3.07. The molecule has 4 heteroatoms. The molecule has 0 spiro atoms. The molecule has 4 nitrogen and oxygen atoms in total.